The second-order valence-corrected chi connectivity index (χ2v) is 4.59. The SMILES string of the molecule is CN(C)Cc1ccc(C=Cc2ccncc2)cc1. The molecule has 18 heavy (non-hydrogen) atoms. The maximum Gasteiger partial charge on any atom is 0.0273 e. The summed E-state index contributed by atoms with van der Waals surface area (Å²) in [6.07, 6.45) is 7.83. The van der Waals surface area contributed by atoms with Crippen molar-refractivity contribution in [2.24, 2.45) is 0 Å². The minimum absolute atomic E-state index is 0.981. The van der Waals surface area contributed by atoms with Crippen LogP contribution in [-0.4, -0.2) is 24.0 Å². The molecule has 0 atom stereocenters. The lowest BCUT2D eigenvalue weighted by molar-refractivity contribution is 0.402. The van der Waals surface area contributed by atoms with E-state index >= 15 is 0 Å². The van der Waals surface area contributed by atoms with Crippen molar-refractivity contribution in [3.8, 4) is 0 Å². The van der Waals surface area contributed by atoms with Crippen molar-refractivity contribution in [1.29, 1.82) is 0 Å². The van der Waals surface area contributed by atoms with E-state index in [0.29, 0.717) is 0 Å². The predicted molar refractivity (Wildman–Crippen MR) is 77.0 cm³/mol. The first-order chi connectivity index (χ1) is 8.74. The van der Waals surface area contributed by atoms with Crippen LogP contribution in [0.5, 0.6) is 0 Å². The van der Waals surface area contributed by atoms with Gasteiger partial charge in [0.1, 0.15) is 0 Å². The Morgan fingerprint density at radius 1 is 0.889 bits per heavy atom. The molecule has 1 aromatic heterocycles. The summed E-state index contributed by atoms with van der Waals surface area (Å²) in [7, 11) is 4.16. The van der Waals surface area contributed by atoms with Gasteiger partial charge in [-0.2, -0.15) is 0 Å². The molecule has 2 rings (SSSR count). The highest BCUT2D eigenvalue weighted by atomic mass is 15.0. The second kappa shape index (κ2) is 6.12. The van der Waals surface area contributed by atoms with Crippen LogP contribution in [0.4, 0.5) is 0 Å². The van der Waals surface area contributed by atoms with E-state index in [1.807, 2.05) is 12.1 Å². The zero-order valence-corrected chi connectivity index (χ0v) is 10.9. The fourth-order valence-electron chi connectivity index (χ4n) is 1.77. The largest absolute Gasteiger partial charge is 0.305 e. The molecule has 2 heteroatoms. The molecule has 0 radical (unpaired) electrons. The van der Waals surface area contributed by atoms with Crippen LogP contribution < -0.4 is 0 Å². The van der Waals surface area contributed by atoms with Crippen molar-refractivity contribution in [3.05, 3.63) is 65.5 Å². The first-order valence-electron chi connectivity index (χ1n) is 6.06. The van der Waals surface area contributed by atoms with Crippen molar-refractivity contribution in [2.75, 3.05) is 14.1 Å². The lowest BCUT2D eigenvalue weighted by Crippen LogP contribution is -2.10. The number of rotatable bonds is 4. The van der Waals surface area contributed by atoms with Gasteiger partial charge in [0.15, 0.2) is 0 Å². The van der Waals surface area contributed by atoms with E-state index in [2.05, 4.69) is 60.4 Å². The molecule has 1 aromatic carbocycles. The van der Waals surface area contributed by atoms with E-state index in [-0.39, 0.29) is 0 Å². The number of hydrogen-bond acceptors (Lipinski definition) is 2. The minimum Gasteiger partial charge on any atom is -0.305 e. The lowest BCUT2D eigenvalue weighted by atomic mass is 10.1. The molecule has 0 aliphatic heterocycles. The molecule has 1 heterocycles. The molecule has 0 aliphatic carbocycles. The van der Waals surface area contributed by atoms with Crippen molar-refractivity contribution < 1.29 is 0 Å². The molecule has 0 unspecified atom stereocenters. The average molecular weight is 238 g/mol. The monoisotopic (exact) mass is 238 g/mol. The molecule has 92 valence electrons. The summed E-state index contributed by atoms with van der Waals surface area (Å²) in [6, 6.07) is 12.6. The predicted octanol–water partition coefficient (Wildman–Crippen LogP) is 3.31. The molecule has 2 aromatic rings. The summed E-state index contributed by atoms with van der Waals surface area (Å²) in [5.74, 6) is 0. The summed E-state index contributed by atoms with van der Waals surface area (Å²) < 4.78 is 0. The average Bonchev–Trinajstić information content (AvgIpc) is 2.38. The quantitative estimate of drug-likeness (QED) is 0.812. The topological polar surface area (TPSA) is 16.1 Å². The summed E-state index contributed by atoms with van der Waals surface area (Å²) in [5, 5.41) is 0. The molecular formula is C16H18N2. The van der Waals surface area contributed by atoms with Crippen LogP contribution >= 0.6 is 0 Å². The molecular weight excluding hydrogens is 220 g/mol. The van der Waals surface area contributed by atoms with E-state index in [1.54, 1.807) is 12.4 Å². The Morgan fingerprint density at radius 2 is 1.44 bits per heavy atom. The van der Waals surface area contributed by atoms with Gasteiger partial charge in [0.25, 0.3) is 0 Å². The van der Waals surface area contributed by atoms with Crippen LogP contribution in [0.15, 0.2) is 48.8 Å². The number of aromatic nitrogens is 1. The lowest BCUT2D eigenvalue weighted by Gasteiger charge is -2.09. The Hall–Kier alpha value is -1.93. The third-order valence-corrected chi connectivity index (χ3v) is 2.65. The van der Waals surface area contributed by atoms with Gasteiger partial charge in [0.2, 0.25) is 0 Å². The number of hydrogen-bond donors (Lipinski definition) is 0. The highest BCUT2D eigenvalue weighted by Gasteiger charge is 1.94. The van der Waals surface area contributed by atoms with Gasteiger partial charge in [-0.25, -0.2) is 0 Å². The molecule has 0 bridgehead atoms. The van der Waals surface area contributed by atoms with Gasteiger partial charge < -0.3 is 4.90 Å². The van der Waals surface area contributed by atoms with Crippen LogP contribution in [-0.2, 0) is 6.54 Å². The van der Waals surface area contributed by atoms with Crippen molar-refractivity contribution in [2.45, 2.75) is 6.54 Å². The summed E-state index contributed by atoms with van der Waals surface area (Å²) in [6.45, 7) is 0.981. The number of nitrogens with zero attached hydrogens (tertiary/aromatic N) is 2. The molecule has 0 spiro atoms. The minimum atomic E-state index is 0.981. The van der Waals surface area contributed by atoms with E-state index < -0.39 is 0 Å². The second-order valence-electron chi connectivity index (χ2n) is 4.59. The number of pyridine rings is 1. The summed E-state index contributed by atoms with van der Waals surface area (Å²) >= 11 is 0. The van der Waals surface area contributed by atoms with Crippen LogP contribution in [0.25, 0.3) is 12.2 Å². The molecule has 0 aliphatic rings. The highest BCUT2D eigenvalue weighted by Crippen LogP contribution is 2.10. The fourth-order valence-corrected chi connectivity index (χ4v) is 1.77. The Kier molecular flexibility index (Phi) is 4.26. The van der Waals surface area contributed by atoms with Gasteiger partial charge in [-0.1, -0.05) is 36.4 Å². The van der Waals surface area contributed by atoms with Crippen LogP contribution in [0.3, 0.4) is 0 Å². The van der Waals surface area contributed by atoms with Crippen LogP contribution in [0.1, 0.15) is 16.7 Å². The van der Waals surface area contributed by atoms with Gasteiger partial charge in [0, 0.05) is 18.9 Å². The Bertz CT molecular complexity index is 498. The molecule has 2 nitrogen and oxygen atoms in total. The Labute approximate surface area is 109 Å². The van der Waals surface area contributed by atoms with E-state index in [0.717, 1.165) is 6.54 Å². The van der Waals surface area contributed by atoms with Gasteiger partial charge in [-0.05, 0) is 42.9 Å². The smallest absolute Gasteiger partial charge is 0.0273 e. The van der Waals surface area contributed by atoms with Gasteiger partial charge in [-0.15, -0.1) is 0 Å². The molecule has 0 amide bonds. The zero-order valence-electron chi connectivity index (χ0n) is 10.9. The fraction of sp³-hybridized carbons (Fsp3) is 0.188. The van der Waals surface area contributed by atoms with Crippen molar-refractivity contribution >= 4 is 12.2 Å². The highest BCUT2D eigenvalue weighted by molar-refractivity contribution is 5.69. The maximum absolute atomic E-state index is 4.00. The summed E-state index contributed by atoms with van der Waals surface area (Å²) in [5.41, 5.74) is 3.72. The number of benzene rings is 1. The molecule has 0 fully saturated rings. The van der Waals surface area contributed by atoms with Crippen LogP contribution in [0.2, 0.25) is 0 Å². The normalized spacial score (nSPS) is 11.3. The van der Waals surface area contributed by atoms with Crippen LogP contribution in [0, 0.1) is 0 Å². The zero-order chi connectivity index (χ0) is 12.8. The Morgan fingerprint density at radius 3 is 2.00 bits per heavy atom. The van der Waals surface area contributed by atoms with Gasteiger partial charge >= 0.3 is 0 Å². The molecule has 0 N–H and O–H groups in total. The van der Waals surface area contributed by atoms with Gasteiger partial charge in [-0.3, -0.25) is 4.98 Å². The van der Waals surface area contributed by atoms with Gasteiger partial charge in [0.05, 0.1) is 0 Å². The summed E-state index contributed by atoms with van der Waals surface area (Å²) in [4.78, 5) is 6.17. The third kappa shape index (κ3) is 3.82. The first-order valence-corrected chi connectivity index (χ1v) is 6.06. The van der Waals surface area contributed by atoms with Crippen molar-refractivity contribution in [3.63, 3.8) is 0 Å². The third-order valence-electron chi connectivity index (χ3n) is 2.65. The van der Waals surface area contributed by atoms with E-state index in [1.165, 1.54) is 16.7 Å². The van der Waals surface area contributed by atoms with E-state index in [4.69, 9.17) is 0 Å². The molecule has 0 saturated carbocycles. The standard InChI is InChI=1S/C16H18N2/c1-18(2)13-16-7-5-14(6-8-16)3-4-15-9-11-17-12-10-15/h3-12H,13H2,1-2H3. The maximum atomic E-state index is 4.00. The van der Waals surface area contributed by atoms with E-state index in [9.17, 15) is 0 Å². The first kappa shape index (κ1) is 12.5. The van der Waals surface area contributed by atoms with Crippen molar-refractivity contribution in [1.82, 2.24) is 9.88 Å². The Balaban J connectivity index is 2.04. The molecule has 0 saturated heterocycles.